The van der Waals surface area contributed by atoms with Crippen molar-refractivity contribution < 1.29 is 9.59 Å². The Labute approximate surface area is 196 Å². The number of nitrogens with one attached hydrogen (secondary N) is 2. The van der Waals surface area contributed by atoms with Crippen LogP contribution in [-0.4, -0.2) is 27.8 Å². The zero-order chi connectivity index (χ0) is 21.5. The van der Waals surface area contributed by atoms with Gasteiger partial charge in [0, 0.05) is 33.3 Å². The van der Waals surface area contributed by atoms with Crippen LogP contribution in [0.25, 0.3) is 0 Å². The third-order valence-electron chi connectivity index (χ3n) is 3.60. The van der Waals surface area contributed by atoms with Crippen LogP contribution in [0.5, 0.6) is 0 Å². The molecule has 0 aliphatic carbocycles. The van der Waals surface area contributed by atoms with Gasteiger partial charge in [0.25, 0.3) is 0 Å². The number of hydrogen-bond donors (Lipinski definition) is 2. The molecule has 2 aromatic carbocycles. The first kappa shape index (κ1) is 22.9. The van der Waals surface area contributed by atoms with Crippen molar-refractivity contribution in [3.05, 3.63) is 58.1 Å². The quantitative estimate of drug-likeness (QED) is 0.300. The van der Waals surface area contributed by atoms with Gasteiger partial charge in [-0.1, -0.05) is 52.4 Å². The van der Waals surface area contributed by atoms with E-state index >= 15 is 0 Å². The van der Waals surface area contributed by atoms with E-state index in [-0.39, 0.29) is 17.6 Å². The predicted molar refractivity (Wildman–Crippen MR) is 126 cm³/mol. The van der Waals surface area contributed by atoms with Gasteiger partial charge in [-0.25, -0.2) is 0 Å². The van der Waals surface area contributed by atoms with Gasteiger partial charge >= 0.3 is 0 Å². The van der Waals surface area contributed by atoms with E-state index in [1.807, 2.05) is 12.1 Å². The highest BCUT2D eigenvalue weighted by atomic mass is 35.5. The summed E-state index contributed by atoms with van der Waals surface area (Å²) in [5.41, 5.74) is 1.56. The van der Waals surface area contributed by atoms with E-state index in [2.05, 4.69) is 20.8 Å². The average Bonchev–Trinajstić information content (AvgIpc) is 3.14. The lowest BCUT2D eigenvalue weighted by Gasteiger charge is -2.05. The fourth-order valence-corrected chi connectivity index (χ4v) is 5.47. The first-order valence-electron chi connectivity index (χ1n) is 8.60. The molecular weight excluding hydrogens is 483 g/mol. The molecule has 0 unspecified atom stereocenters. The molecule has 0 aliphatic heterocycles. The summed E-state index contributed by atoms with van der Waals surface area (Å²) < 4.78 is 0.711. The fraction of sp³-hybridized carbons (Fsp3) is 0.158. The Morgan fingerprint density at radius 3 is 2.37 bits per heavy atom. The Morgan fingerprint density at radius 2 is 1.70 bits per heavy atom. The molecule has 6 nitrogen and oxygen atoms in total. The molecule has 0 saturated carbocycles. The van der Waals surface area contributed by atoms with Crippen LogP contribution in [0.1, 0.15) is 12.5 Å². The summed E-state index contributed by atoms with van der Waals surface area (Å²) in [7, 11) is 0. The predicted octanol–water partition coefficient (Wildman–Crippen LogP) is 5.83. The Kier molecular flexibility index (Phi) is 8.41. The van der Waals surface area contributed by atoms with Crippen LogP contribution in [0, 0.1) is 0 Å². The van der Waals surface area contributed by atoms with Gasteiger partial charge in [-0.2, -0.15) is 0 Å². The Hall–Kier alpha value is -1.78. The molecule has 30 heavy (non-hydrogen) atoms. The minimum Gasteiger partial charge on any atom is -0.326 e. The van der Waals surface area contributed by atoms with Gasteiger partial charge in [-0.3, -0.25) is 14.9 Å². The van der Waals surface area contributed by atoms with Gasteiger partial charge in [0.2, 0.25) is 16.9 Å². The summed E-state index contributed by atoms with van der Waals surface area (Å²) in [6.45, 7) is 1.45. The lowest BCUT2D eigenvalue weighted by molar-refractivity contribution is -0.114. The molecule has 0 spiro atoms. The third kappa shape index (κ3) is 6.88. The number of thioether (sulfide) groups is 2. The number of rotatable bonds is 8. The second-order valence-corrected chi connectivity index (χ2v) is 9.97. The van der Waals surface area contributed by atoms with Crippen LogP contribution in [0.4, 0.5) is 10.8 Å². The SMILES string of the molecule is CC(=O)Nc1ccc(SCC(=O)Nc2nnc(SCc3c(Cl)cccc3Cl)s2)cc1. The van der Waals surface area contributed by atoms with Gasteiger partial charge in [0.15, 0.2) is 4.34 Å². The molecule has 0 bridgehead atoms. The van der Waals surface area contributed by atoms with Crippen molar-refractivity contribution in [1.82, 2.24) is 10.2 Å². The maximum atomic E-state index is 12.2. The van der Waals surface area contributed by atoms with E-state index in [4.69, 9.17) is 23.2 Å². The van der Waals surface area contributed by atoms with Crippen molar-refractivity contribution in [3.8, 4) is 0 Å². The molecule has 1 aromatic heterocycles. The highest BCUT2D eigenvalue weighted by molar-refractivity contribution is 8.00. The van der Waals surface area contributed by atoms with Crippen LogP contribution in [0.2, 0.25) is 10.0 Å². The van der Waals surface area contributed by atoms with Crippen molar-refractivity contribution in [2.24, 2.45) is 0 Å². The van der Waals surface area contributed by atoms with E-state index in [1.54, 1.807) is 30.3 Å². The van der Waals surface area contributed by atoms with E-state index < -0.39 is 0 Å². The van der Waals surface area contributed by atoms with Crippen LogP contribution in [0.15, 0.2) is 51.7 Å². The van der Waals surface area contributed by atoms with E-state index in [1.165, 1.54) is 41.8 Å². The molecule has 2 N–H and O–H groups in total. The van der Waals surface area contributed by atoms with Crippen LogP contribution < -0.4 is 10.6 Å². The molecule has 156 valence electrons. The molecule has 0 aliphatic rings. The number of carbonyl (C=O) groups is 2. The highest BCUT2D eigenvalue weighted by Gasteiger charge is 2.12. The van der Waals surface area contributed by atoms with Crippen LogP contribution in [0.3, 0.4) is 0 Å². The normalized spacial score (nSPS) is 10.6. The fourth-order valence-electron chi connectivity index (χ4n) is 2.26. The van der Waals surface area contributed by atoms with E-state index in [9.17, 15) is 9.59 Å². The summed E-state index contributed by atoms with van der Waals surface area (Å²) in [5.74, 6) is 0.495. The van der Waals surface area contributed by atoms with Crippen molar-refractivity contribution in [3.63, 3.8) is 0 Å². The number of anilines is 2. The number of benzene rings is 2. The smallest absolute Gasteiger partial charge is 0.236 e. The first-order valence-corrected chi connectivity index (χ1v) is 12.1. The second kappa shape index (κ2) is 11.0. The average molecular weight is 499 g/mol. The number of carbonyl (C=O) groups excluding carboxylic acids is 2. The van der Waals surface area contributed by atoms with Crippen molar-refractivity contribution >= 4 is 80.7 Å². The number of nitrogens with zero attached hydrogens (tertiary/aromatic N) is 2. The molecule has 0 atom stereocenters. The van der Waals surface area contributed by atoms with Crippen LogP contribution >= 0.6 is 58.1 Å². The highest BCUT2D eigenvalue weighted by Crippen LogP contribution is 2.33. The summed E-state index contributed by atoms with van der Waals surface area (Å²) in [6.07, 6.45) is 0. The standard InChI is InChI=1S/C19H16Cl2N4O2S3/c1-11(26)22-12-5-7-13(8-6-12)28-10-17(27)23-18-24-25-19(30-18)29-9-14-15(20)3-2-4-16(14)21/h2-8H,9-10H2,1H3,(H,22,26)(H,23,24,27). The second-order valence-electron chi connectivity index (χ2n) is 5.90. The van der Waals surface area contributed by atoms with Crippen LogP contribution in [-0.2, 0) is 15.3 Å². The summed E-state index contributed by atoms with van der Waals surface area (Å²) in [4.78, 5) is 24.1. The molecule has 3 aromatic rings. The van der Waals surface area contributed by atoms with E-state index in [0.29, 0.717) is 31.0 Å². The summed E-state index contributed by atoms with van der Waals surface area (Å²) in [5, 5.41) is 15.2. The lowest BCUT2D eigenvalue weighted by Crippen LogP contribution is -2.13. The number of halogens is 2. The molecule has 0 fully saturated rings. The molecule has 0 saturated heterocycles. The Balaban J connectivity index is 1.47. The Morgan fingerprint density at radius 1 is 1.00 bits per heavy atom. The third-order valence-corrected chi connectivity index (χ3v) is 7.32. The number of aromatic nitrogens is 2. The maximum absolute atomic E-state index is 12.2. The molecule has 11 heteroatoms. The van der Waals surface area contributed by atoms with Crippen molar-refractivity contribution in [2.75, 3.05) is 16.4 Å². The zero-order valence-corrected chi connectivity index (χ0v) is 19.6. The first-order chi connectivity index (χ1) is 14.4. The molecule has 2 amide bonds. The Bertz CT molecular complexity index is 1020. The zero-order valence-electron chi connectivity index (χ0n) is 15.6. The number of amides is 2. The van der Waals surface area contributed by atoms with E-state index in [0.717, 1.165) is 10.5 Å². The van der Waals surface area contributed by atoms with Gasteiger partial charge < -0.3 is 5.32 Å². The van der Waals surface area contributed by atoms with Crippen molar-refractivity contribution in [1.29, 1.82) is 0 Å². The largest absolute Gasteiger partial charge is 0.326 e. The topological polar surface area (TPSA) is 84.0 Å². The summed E-state index contributed by atoms with van der Waals surface area (Å²) in [6, 6.07) is 12.7. The minimum absolute atomic E-state index is 0.126. The minimum atomic E-state index is -0.173. The maximum Gasteiger partial charge on any atom is 0.236 e. The van der Waals surface area contributed by atoms with Gasteiger partial charge in [0.05, 0.1) is 5.75 Å². The van der Waals surface area contributed by atoms with Crippen molar-refractivity contribution in [2.45, 2.75) is 21.9 Å². The lowest BCUT2D eigenvalue weighted by atomic mass is 10.2. The molecule has 3 rings (SSSR count). The monoisotopic (exact) mass is 498 g/mol. The van der Waals surface area contributed by atoms with Gasteiger partial charge in [-0.05, 0) is 42.0 Å². The number of hydrogen-bond acceptors (Lipinski definition) is 7. The van der Waals surface area contributed by atoms with Gasteiger partial charge in [0.1, 0.15) is 0 Å². The van der Waals surface area contributed by atoms with Gasteiger partial charge in [-0.15, -0.1) is 22.0 Å². The molecule has 1 heterocycles. The molecule has 0 radical (unpaired) electrons. The summed E-state index contributed by atoms with van der Waals surface area (Å²) >= 11 is 16.5. The molecular formula is C19H16Cl2N4O2S3.